The lowest BCUT2D eigenvalue weighted by Crippen LogP contribution is -2.34. The van der Waals surface area contributed by atoms with Crippen LogP contribution in [-0.4, -0.2) is 19.4 Å². The van der Waals surface area contributed by atoms with Gasteiger partial charge in [-0.05, 0) is 24.1 Å². The zero-order valence-electron chi connectivity index (χ0n) is 10.1. The Hall–Kier alpha value is -0.390. The smallest absolute Gasteiger partial charge is 0.154 e. The second kappa shape index (κ2) is 5.98. The van der Waals surface area contributed by atoms with Crippen LogP contribution in [0.15, 0.2) is 28.7 Å². The van der Waals surface area contributed by atoms with Crippen molar-refractivity contribution in [1.29, 1.82) is 0 Å². The molecule has 0 saturated heterocycles. The zero-order valence-corrected chi connectivity index (χ0v) is 12.5. The van der Waals surface area contributed by atoms with Crippen LogP contribution in [0.5, 0.6) is 0 Å². The summed E-state index contributed by atoms with van der Waals surface area (Å²) in [5.74, 6) is 0.135. The van der Waals surface area contributed by atoms with Gasteiger partial charge in [-0.25, -0.2) is 8.42 Å². The summed E-state index contributed by atoms with van der Waals surface area (Å²) in [7, 11) is -3.10. The van der Waals surface area contributed by atoms with Crippen LogP contribution in [0.2, 0.25) is 0 Å². The molecule has 0 unspecified atom stereocenters. The fourth-order valence-corrected chi connectivity index (χ4v) is 3.65. The Morgan fingerprint density at radius 2 is 1.76 bits per heavy atom. The summed E-state index contributed by atoms with van der Waals surface area (Å²) in [6, 6.07) is 7.02. The van der Waals surface area contributed by atoms with Crippen LogP contribution in [0.4, 0.5) is 0 Å². The van der Waals surface area contributed by atoms with Crippen molar-refractivity contribution in [2.45, 2.75) is 31.6 Å². The van der Waals surface area contributed by atoms with Crippen LogP contribution in [0.25, 0.3) is 0 Å². The van der Waals surface area contributed by atoms with Gasteiger partial charge in [0, 0.05) is 16.3 Å². The predicted octanol–water partition coefficient (Wildman–Crippen LogP) is 2.66. The van der Waals surface area contributed by atoms with Crippen molar-refractivity contribution in [3.63, 3.8) is 0 Å². The second-order valence-corrected chi connectivity index (χ2v) is 7.40. The van der Waals surface area contributed by atoms with Crippen molar-refractivity contribution in [3.8, 4) is 0 Å². The van der Waals surface area contributed by atoms with E-state index in [-0.39, 0.29) is 5.75 Å². The fraction of sp³-hybridized carbons (Fsp3) is 0.500. The highest BCUT2D eigenvalue weighted by Gasteiger charge is 2.29. The molecule has 0 aliphatic rings. The first-order valence-electron chi connectivity index (χ1n) is 5.65. The number of nitrogens with two attached hydrogens (primary N) is 1. The Kier molecular flexibility index (Phi) is 5.16. The number of rotatable bonds is 5. The minimum Gasteiger partial charge on any atom is -0.323 e. The van der Waals surface area contributed by atoms with Gasteiger partial charge in [-0.1, -0.05) is 41.9 Å². The molecule has 1 aromatic rings. The van der Waals surface area contributed by atoms with Gasteiger partial charge in [0.2, 0.25) is 0 Å². The Labute approximate surface area is 111 Å². The van der Waals surface area contributed by atoms with Gasteiger partial charge in [0.15, 0.2) is 9.84 Å². The van der Waals surface area contributed by atoms with Crippen molar-refractivity contribution >= 4 is 25.8 Å². The van der Waals surface area contributed by atoms with E-state index in [4.69, 9.17) is 5.73 Å². The maximum atomic E-state index is 11.9. The molecular formula is C12H18BrNO2S. The van der Waals surface area contributed by atoms with Crippen molar-refractivity contribution in [3.05, 3.63) is 34.3 Å². The van der Waals surface area contributed by atoms with Gasteiger partial charge in [0.05, 0.1) is 5.25 Å². The molecule has 0 spiro atoms. The number of benzene rings is 1. The van der Waals surface area contributed by atoms with E-state index in [1.165, 1.54) is 0 Å². The molecule has 2 N–H and O–H groups in total. The average molecular weight is 320 g/mol. The molecule has 0 aliphatic heterocycles. The molecule has 0 aliphatic carbocycles. The van der Waals surface area contributed by atoms with E-state index in [0.717, 1.165) is 10.0 Å². The van der Waals surface area contributed by atoms with Gasteiger partial charge < -0.3 is 5.73 Å². The average Bonchev–Trinajstić information content (AvgIpc) is 2.30. The SMILES string of the molecule is CC[C@@H]([C@H](N)c1ccc(Br)cc1)S(=O)(=O)CC. The summed E-state index contributed by atoms with van der Waals surface area (Å²) in [5, 5.41) is -0.506. The Morgan fingerprint density at radius 1 is 1.24 bits per heavy atom. The molecule has 1 rings (SSSR count). The summed E-state index contributed by atoms with van der Waals surface area (Å²) < 4.78 is 24.8. The van der Waals surface area contributed by atoms with Gasteiger partial charge in [-0.3, -0.25) is 0 Å². The van der Waals surface area contributed by atoms with E-state index >= 15 is 0 Å². The molecule has 17 heavy (non-hydrogen) atoms. The lowest BCUT2D eigenvalue weighted by molar-refractivity contribution is 0.549. The molecule has 0 saturated carbocycles. The summed E-state index contributed by atoms with van der Waals surface area (Å²) in [5.41, 5.74) is 6.93. The van der Waals surface area contributed by atoms with E-state index < -0.39 is 21.1 Å². The van der Waals surface area contributed by atoms with Crippen molar-refractivity contribution < 1.29 is 8.42 Å². The molecular weight excluding hydrogens is 302 g/mol. The summed E-state index contributed by atoms with van der Waals surface area (Å²) in [6.45, 7) is 3.52. The van der Waals surface area contributed by atoms with Crippen molar-refractivity contribution in [2.24, 2.45) is 5.73 Å². The van der Waals surface area contributed by atoms with Gasteiger partial charge in [0.25, 0.3) is 0 Å². The lowest BCUT2D eigenvalue weighted by Gasteiger charge is -2.22. The van der Waals surface area contributed by atoms with Crippen LogP contribution in [0.3, 0.4) is 0 Å². The van der Waals surface area contributed by atoms with Crippen LogP contribution in [0, 0.1) is 0 Å². The largest absolute Gasteiger partial charge is 0.323 e. The first-order chi connectivity index (χ1) is 7.92. The Bertz CT molecular complexity index is 456. The van der Waals surface area contributed by atoms with Gasteiger partial charge >= 0.3 is 0 Å². The number of hydrogen-bond acceptors (Lipinski definition) is 3. The molecule has 0 amide bonds. The van der Waals surface area contributed by atoms with Crippen LogP contribution in [-0.2, 0) is 9.84 Å². The first-order valence-corrected chi connectivity index (χ1v) is 8.15. The summed E-state index contributed by atoms with van der Waals surface area (Å²) in [6.07, 6.45) is 0.535. The normalized spacial score (nSPS) is 15.5. The van der Waals surface area contributed by atoms with E-state index in [1.807, 2.05) is 31.2 Å². The van der Waals surface area contributed by atoms with Gasteiger partial charge in [-0.2, -0.15) is 0 Å². The molecule has 0 fully saturated rings. The van der Waals surface area contributed by atoms with E-state index in [9.17, 15) is 8.42 Å². The molecule has 0 aromatic heterocycles. The van der Waals surface area contributed by atoms with E-state index in [1.54, 1.807) is 6.92 Å². The number of halogens is 1. The van der Waals surface area contributed by atoms with Crippen LogP contribution in [0.1, 0.15) is 31.9 Å². The van der Waals surface area contributed by atoms with Crippen LogP contribution < -0.4 is 5.73 Å². The van der Waals surface area contributed by atoms with E-state index in [0.29, 0.717) is 6.42 Å². The minimum atomic E-state index is -3.10. The molecule has 0 radical (unpaired) electrons. The third kappa shape index (κ3) is 3.53. The van der Waals surface area contributed by atoms with Crippen molar-refractivity contribution in [1.82, 2.24) is 0 Å². The van der Waals surface area contributed by atoms with Gasteiger partial charge in [0.1, 0.15) is 0 Å². The summed E-state index contributed by atoms with van der Waals surface area (Å²) in [4.78, 5) is 0. The lowest BCUT2D eigenvalue weighted by atomic mass is 10.0. The highest BCUT2D eigenvalue weighted by Crippen LogP contribution is 2.24. The maximum Gasteiger partial charge on any atom is 0.154 e. The van der Waals surface area contributed by atoms with Crippen LogP contribution >= 0.6 is 15.9 Å². The minimum absolute atomic E-state index is 0.135. The Balaban J connectivity index is 3.02. The third-order valence-corrected chi connectivity index (χ3v) is 5.80. The maximum absolute atomic E-state index is 11.9. The molecule has 1 aromatic carbocycles. The quantitative estimate of drug-likeness (QED) is 0.907. The monoisotopic (exact) mass is 319 g/mol. The fourth-order valence-electron chi connectivity index (χ4n) is 1.84. The summed E-state index contributed by atoms with van der Waals surface area (Å²) >= 11 is 3.34. The third-order valence-electron chi connectivity index (χ3n) is 2.92. The first kappa shape index (κ1) is 14.7. The highest BCUT2D eigenvalue weighted by atomic mass is 79.9. The number of hydrogen-bond donors (Lipinski definition) is 1. The topological polar surface area (TPSA) is 60.2 Å². The molecule has 0 heterocycles. The van der Waals surface area contributed by atoms with Crippen molar-refractivity contribution in [2.75, 3.05) is 5.75 Å². The number of sulfone groups is 1. The van der Waals surface area contributed by atoms with Gasteiger partial charge in [-0.15, -0.1) is 0 Å². The molecule has 5 heteroatoms. The second-order valence-electron chi connectivity index (χ2n) is 3.98. The molecule has 2 atom stereocenters. The Morgan fingerprint density at radius 3 is 2.18 bits per heavy atom. The zero-order chi connectivity index (χ0) is 13.1. The molecule has 3 nitrogen and oxygen atoms in total. The van der Waals surface area contributed by atoms with E-state index in [2.05, 4.69) is 15.9 Å². The predicted molar refractivity (Wildman–Crippen MR) is 74.6 cm³/mol. The molecule has 0 bridgehead atoms. The standard InChI is InChI=1S/C12H18BrNO2S/c1-3-11(17(15,16)4-2)12(14)9-5-7-10(13)8-6-9/h5-8,11-12H,3-4,14H2,1-2H3/t11-,12+/m0/s1. The highest BCUT2D eigenvalue weighted by molar-refractivity contribution is 9.10. The molecule has 96 valence electrons.